The summed E-state index contributed by atoms with van der Waals surface area (Å²) in [7, 11) is 0. The van der Waals surface area contributed by atoms with Crippen molar-refractivity contribution in [1.29, 1.82) is 0 Å². The van der Waals surface area contributed by atoms with Crippen molar-refractivity contribution in [2.45, 2.75) is 6.54 Å². The number of hydrogen-bond acceptors (Lipinski definition) is 4. The van der Waals surface area contributed by atoms with Crippen molar-refractivity contribution in [2.75, 3.05) is 0 Å². The van der Waals surface area contributed by atoms with Gasteiger partial charge in [0.15, 0.2) is 5.65 Å². The van der Waals surface area contributed by atoms with E-state index in [1.165, 1.54) is 6.33 Å². The quantitative estimate of drug-likeness (QED) is 0.753. The molecule has 0 atom stereocenters. The number of primary amides is 1. The molecule has 1 amide bonds. The Morgan fingerprint density at radius 2 is 2.00 bits per heavy atom. The standard InChI is InChI=1S/C13H11N5O/c14-12(19)10-3-1-9(2-4-10)6-18-8-17-13-11(18)5-15-7-16-13/h1-5,7-8H,6H2,(H2,14,19). The van der Waals surface area contributed by atoms with Gasteiger partial charge < -0.3 is 10.3 Å². The highest BCUT2D eigenvalue weighted by molar-refractivity contribution is 5.92. The topological polar surface area (TPSA) is 86.7 Å². The largest absolute Gasteiger partial charge is 0.366 e. The molecule has 0 saturated heterocycles. The van der Waals surface area contributed by atoms with E-state index >= 15 is 0 Å². The van der Waals surface area contributed by atoms with Crippen LogP contribution in [-0.4, -0.2) is 25.4 Å². The molecule has 6 heteroatoms. The normalized spacial score (nSPS) is 10.7. The van der Waals surface area contributed by atoms with Crippen molar-refractivity contribution < 1.29 is 4.79 Å². The predicted octanol–water partition coefficient (Wildman–Crippen LogP) is 0.973. The van der Waals surface area contributed by atoms with Crippen LogP contribution in [0.5, 0.6) is 0 Å². The van der Waals surface area contributed by atoms with Crippen LogP contribution in [-0.2, 0) is 6.54 Å². The van der Waals surface area contributed by atoms with Gasteiger partial charge in [-0.2, -0.15) is 0 Å². The fourth-order valence-corrected chi connectivity index (χ4v) is 1.90. The first-order valence-corrected chi connectivity index (χ1v) is 5.73. The molecule has 2 N–H and O–H groups in total. The van der Waals surface area contributed by atoms with E-state index in [0.717, 1.165) is 11.1 Å². The summed E-state index contributed by atoms with van der Waals surface area (Å²) in [4.78, 5) is 23.3. The van der Waals surface area contributed by atoms with Gasteiger partial charge in [0.25, 0.3) is 0 Å². The molecule has 0 spiro atoms. The van der Waals surface area contributed by atoms with Crippen molar-refractivity contribution in [3.05, 3.63) is 54.2 Å². The zero-order valence-corrected chi connectivity index (χ0v) is 10.0. The number of rotatable bonds is 3. The van der Waals surface area contributed by atoms with Crippen molar-refractivity contribution >= 4 is 17.1 Å². The van der Waals surface area contributed by atoms with Crippen LogP contribution >= 0.6 is 0 Å². The number of fused-ring (bicyclic) bond motifs is 1. The van der Waals surface area contributed by atoms with E-state index in [9.17, 15) is 4.79 Å². The predicted molar refractivity (Wildman–Crippen MR) is 69.4 cm³/mol. The number of aromatic nitrogens is 4. The molecule has 2 heterocycles. The van der Waals surface area contributed by atoms with E-state index in [0.29, 0.717) is 17.8 Å². The summed E-state index contributed by atoms with van der Waals surface area (Å²) in [5.74, 6) is -0.423. The minimum atomic E-state index is -0.423. The fraction of sp³-hybridized carbons (Fsp3) is 0.0769. The Bertz CT molecular complexity index is 732. The van der Waals surface area contributed by atoms with Crippen LogP contribution < -0.4 is 5.73 Å². The van der Waals surface area contributed by atoms with Gasteiger partial charge in [-0.05, 0) is 17.7 Å². The number of imidazole rings is 1. The van der Waals surface area contributed by atoms with Crippen molar-refractivity contribution in [2.24, 2.45) is 5.73 Å². The third-order valence-electron chi connectivity index (χ3n) is 2.89. The molecule has 3 rings (SSSR count). The minimum absolute atomic E-state index is 0.423. The molecule has 0 saturated carbocycles. The molecule has 0 radical (unpaired) electrons. The van der Waals surface area contributed by atoms with Crippen LogP contribution in [0.4, 0.5) is 0 Å². The molecule has 1 aromatic carbocycles. The first-order chi connectivity index (χ1) is 9.24. The maximum absolute atomic E-state index is 11.0. The maximum atomic E-state index is 11.0. The lowest BCUT2D eigenvalue weighted by Crippen LogP contribution is -2.10. The number of nitrogens with two attached hydrogens (primary N) is 1. The van der Waals surface area contributed by atoms with Gasteiger partial charge >= 0.3 is 0 Å². The van der Waals surface area contributed by atoms with Crippen LogP contribution in [0.15, 0.2) is 43.1 Å². The monoisotopic (exact) mass is 253 g/mol. The molecule has 0 unspecified atom stereocenters. The van der Waals surface area contributed by atoms with Gasteiger partial charge in [-0.3, -0.25) is 4.79 Å². The van der Waals surface area contributed by atoms with Crippen LogP contribution in [0.3, 0.4) is 0 Å². The summed E-state index contributed by atoms with van der Waals surface area (Å²) in [5.41, 5.74) is 8.30. The molecular formula is C13H11N5O. The number of benzene rings is 1. The Balaban J connectivity index is 1.90. The highest BCUT2D eigenvalue weighted by Crippen LogP contribution is 2.11. The summed E-state index contributed by atoms with van der Waals surface area (Å²) in [6, 6.07) is 7.17. The van der Waals surface area contributed by atoms with E-state index in [4.69, 9.17) is 5.73 Å². The molecular weight excluding hydrogens is 242 g/mol. The summed E-state index contributed by atoms with van der Waals surface area (Å²) < 4.78 is 1.95. The number of nitrogens with zero attached hydrogens (tertiary/aromatic N) is 4. The molecule has 0 bridgehead atoms. The lowest BCUT2D eigenvalue weighted by molar-refractivity contribution is 0.100. The molecule has 2 aromatic heterocycles. The number of carbonyl (C=O) groups is 1. The smallest absolute Gasteiger partial charge is 0.248 e. The van der Waals surface area contributed by atoms with E-state index in [-0.39, 0.29) is 0 Å². The van der Waals surface area contributed by atoms with E-state index in [1.807, 2.05) is 16.7 Å². The van der Waals surface area contributed by atoms with Gasteiger partial charge in [0.1, 0.15) is 11.8 Å². The summed E-state index contributed by atoms with van der Waals surface area (Å²) >= 11 is 0. The lowest BCUT2D eigenvalue weighted by Gasteiger charge is -2.04. The maximum Gasteiger partial charge on any atom is 0.248 e. The van der Waals surface area contributed by atoms with E-state index in [1.54, 1.807) is 24.7 Å². The molecule has 19 heavy (non-hydrogen) atoms. The zero-order valence-electron chi connectivity index (χ0n) is 10.0. The fourth-order valence-electron chi connectivity index (χ4n) is 1.90. The first-order valence-electron chi connectivity index (χ1n) is 5.73. The minimum Gasteiger partial charge on any atom is -0.366 e. The van der Waals surface area contributed by atoms with Crippen LogP contribution in [0.25, 0.3) is 11.2 Å². The zero-order chi connectivity index (χ0) is 13.2. The molecule has 0 aliphatic rings. The van der Waals surface area contributed by atoms with Gasteiger partial charge in [0, 0.05) is 12.1 Å². The summed E-state index contributed by atoms with van der Waals surface area (Å²) in [6.07, 6.45) is 4.93. The Labute approximate surface area is 108 Å². The molecule has 3 aromatic rings. The highest BCUT2D eigenvalue weighted by Gasteiger charge is 2.05. The van der Waals surface area contributed by atoms with Gasteiger partial charge in [-0.15, -0.1) is 0 Å². The van der Waals surface area contributed by atoms with Gasteiger partial charge in [-0.25, -0.2) is 15.0 Å². The summed E-state index contributed by atoms with van der Waals surface area (Å²) in [5, 5.41) is 0. The molecule has 0 fully saturated rings. The molecule has 0 aliphatic heterocycles. The Hall–Kier alpha value is -2.76. The van der Waals surface area contributed by atoms with Crippen molar-refractivity contribution in [3.8, 4) is 0 Å². The van der Waals surface area contributed by atoms with Crippen LogP contribution in [0.1, 0.15) is 15.9 Å². The Morgan fingerprint density at radius 1 is 1.21 bits per heavy atom. The average molecular weight is 253 g/mol. The Morgan fingerprint density at radius 3 is 2.74 bits per heavy atom. The van der Waals surface area contributed by atoms with Crippen molar-refractivity contribution in [3.63, 3.8) is 0 Å². The van der Waals surface area contributed by atoms with Crippen molar-refractivity contribution in [1.82, 2.24) is 19.5 Å². The number of hydrogen-bond donors (Lipinski definition) is 1. The van der Waals surface area contributed by atoms with E-state index in [2.05, 4.69) is 15.0 Å². The van der Waals surface area contributed by atoms with Crippen LogP contribution in [0.2, 0.25) is 0 Å². The Kier molecular flexibility index (Phi) is 2.68. The lowest BCUT2D eigenvalue weighted by atomic mass is 10.1. The second kappa shape index (κ2) is 4.49. The average Bonchev–Trinajstić information content (AvgIpc) is 2.83. The van der Waals surface area contributed by atoms with Gasteiger partial charge in [0.05, 0.1) is 12.5 Å². The second-order valence-corrected chi connectivity index (χ2v) is 4.17. The van der Waals surface area contributed by atoms with Gasteiger partial charge in [0.2, 0.25) is 5.91 Å². The molecule has 0 aliphatic carbocycles. The first kappa shape index (κ1) is 11.3. The second-order valence-electron chi connectivity index (χ2n) is 4.17. The third kappa shape index (κ3) is 2.15. The molecule has 6 nitrogen and oxygen atoms in total. The SMILES string of the molecule is NC(=O)c1ccc(Cn2cnc3ncncc32)cc1. The number of carbonyl (C=O) groups excluding carboxylic acids is 1. The third-order valence-corrected chi connectivity index (χ3v) is 2.89. The van der Waals surface area contributed by atoms with Crippen LogP contribution in [0, 0.1) is 0 Å². The molecule has 94 valence electrons. The van der Waals surface area contributed by atoms with E-state index < -0.39 is 5.91 Å². The summed E-state index contributed by atoms with van der Waals surface area (Å²) in [6.45, 7) is 0.642. The van der Waals surface area contributed by atoms with Gasteiger partial charge in [-0.1, -0.05) is 12.1 Å². The number of amides is 1. The highest BCUT2D eigenvalue weighted by atomic mass is 16.1.